The lowest BCUT2D eigenvalue weighted by atomic mass is 10.0. The number of pyridine rings is 1. The second-order valence-corrected chi connectivity index (χ2v) is 6.37. The molecule has 132 valence electrons. The fourth-order valence-electron chi connectivity index (χ4n) is 2.37. The lowest BCUT2D eigenvalue weighted by molar-refractivity contribution is -0.125. The van der Waals surface area contributed by atoms with Crippen LogP contribution in [0.4, 0.5) is 0 Å². The van der Waals surface area contributed by atoms with Crippen molar-refractivity contribution in [1.29, 1.82) is 0 Å². The molecule has 0 aliphatic rings. The third kappa shape index (κ3) is 5.32. The molecule has 0 aliphatic heterocycles. The van der Waals surface area contributed by atoms with Crippen molar-refractivity contribution in [3.8, 4) is 0 Å². The predicted molar refractivity (Wildman–Crippen MR) is 98.7 cm³/mol. The smallest absolute Gasteiger partial charge is 0.341 e. The standard InChI is InChI=1S/C19H22N2O3S/c1-4-16(14-9-7-13(2)8-10-14)21-17(22)12-24-19(23)15-6-5-11-20-18(15)25-3/h5-11,16H,4,12H2,1-3H3,(H,21,22)/t16-/m0/s1. The van der Waals surface area contributed by atoms with Gasteiger partial charge in [-0.3, -0.25) is 4.79 Å². The van der Waals surface area contributed by atoms with E-state index in [-0.39, 0.29) is 18.6 Å². The summed E-state index contributed by atoms with van der Waals surface area (Å²) >= 11 is 1.36. The average Bonchev–Trinajstić information content (AvgIpc) is 2.64. The van der Waals surface area contributed by atoms with Gasteiger partial charge in [0.2, 0.25) is 0 Å². The zero-order valence-electron chi connectivity index (χ0n) is 14.6. The Kier molecular flexibility index (Phi) is 7.01. The molecule has 1 aromatic carbocycles. The van der Waals surface area contributed by atoms with Crippen molar-refractivity contribution in [3.63, 3.8) is 0 Å². The molecule has 0 radical (unpaired) electrons. The third-order valence-electron chi connectivity index (χ3n) is 3.74. The Morgan fingerprint density at radius 3 is 2.60 bits per heavy atom. The zero-order chi connectivity index (χ0) is 18.2. The minimum Gasteiger partial charge on any atom is -0.452 e. The Bertz CT molecular complexity index is 732. The molecule has 0 aliphatic carbocycles. The predicted octanol–water partition coefficient (Wildman–Crippen LogP) is 3.54. The first-order chi connectivity index (χ1) is 12.0. The SMILES string of the molecule is CC[C@H](NC(=O)COC(=O)c1cccnc1SC)c1ccc(C)cc1. The van der Waals surface area contributed by atoms with Crippen LogP contribution in [0.2, 0.25) is 0 Å². The van der Waals surface area contributed by atoms with Gasteiger partial charge in [0.25, 0.3) is 5.91 Å². The van der Waals surface area contributed by atoms with Crippen LogP contribution in [0.1, 0.15) is 40.9 Å². The maximum absolute atomic E-state index is 12.1. The first-order valence-corrected chi connectivity index (χ1v) is 9.29. The number of thioether (sulfide) groups is 1. The van der Waals surface area contributed by atoms with Crippen LogP contribution in [0.25, 0.3) is 0 Å². The Labute approximate surface area is 152 Å². The molecule has 6 heteroatoms. The second kappa shape index (κ2) is 9.22. The van der Waals surface area contributed by atoms with Gasteiger partial charge in [0.05, 0.1) is 11.6 Å². The number of aromatic nitrogens is 1. The molecule has 2 aromatic rings. The van der Waals surface area contributed by atoms with E-state index in [2.05, 4.69) is 10.3 Å². The Balaban J connectivity index is 1.93. The topological polar surface area (TPSA) is 68.3 Å². The van der Waals surface area contributed by atoms with Gasteiger partial charge in [-0.1, -0.05) is 36.8 Å². The largest absolute Gasteiger partial charge is 0.452 e. The maximum Gasteiger partial charge on any atom is 0.341 e. The molecule has 5 nitrogen and oxygen atoms in total. The number of hydrogen-bond donors (Lipinski definition) is 1. The van der Waals surface area contributed by atoms with E-state index in [0.29, 0.717) is 10.6 Å². The van der Waals surface area contributed by atoms with E-state index in [1.54, 1.807) is 18.3 Å². The van der Waals surface area contributed by atoms with Crippen molar-refractivity contribution in [2.24, 2.45) is 0 Å². The maximum atomic E-state index is 12.1. The summed E-state index contributed by atoms with van der Waals surface area (Å²) in [5.41, 5.74) is 2.57. The van der Waals surface area contributed by atoms with Gasteiger partial charge in [-0.15, -0.1) is 11.8 Å². The fourth-order valence-corrected chi connectivity index (χ4v) is 2.91. The van der Waals surface area contributed by atoms with Crippen LogP contribution < -0.4 is 5.32 Å². The van der Waals surface area contributed by atoms with E-state index in [1.807, 2.05) is 44.4 Å². The van der Waals surface area contributed by atoms with Crippen LogP contribution in [-0.2, 0) is 9.53 Å². The van der Waals surface area contributed by atoms with Crippen LogP contribution in [0.15, 0.2) is 47.6 Å². The summed E-state index contributed by atoms with van der Waals surface area (Å²) in [5, 5.41) is 3.48. The van der Waals surface area contributed by atoms with E-state index in [0.717, 1.165) is 12.0 Å². The van der Waals surface area contributed by atoms with Gasteiger partial charge in [-0.2, -0.15) is 0 Å². The molecule has 2 rings (SSSR count). The van der Waals surface area contributed by atoms with Crippen molar-refractivity contribution >= 4 is 23.6 Å². The molecule has 1 amide bonds. The number of nitrogens with zero attached hydrogens (tertiary/aromatic N) is 1. The number of aryl methyl sites for hydroxylation is 1. The van der Waals surface area contributed by atoms with Gasteiger partial charge >= 0.3 is 5.97 Å². The monoisotopic (exact) mass is 358 g/mol. The lowest BCUT2D eigenvalue weighted by Crippen LogP contribution is -2.32. The summed E-state index contributed by atoms with van der Waals surface area (Å²) < 4.78 is 5.13. The summed E-state index contributed by atoms with van der Waals surface area (Å²) in [6.45, 7) is 3.70. The van der Waals surface area contributed by atoms with Crippen molar-refractivity contribution in [1.82, 2.24) is 10.3 Å². The Hall–Kier alpha value is -2.34. The van der Waals surface area contributed by atoms with Crippen LogP contribution in [0.3, 0.4) is 0 Å². The molecule has 1 heterocycles. The summed E-state index contributed by atoms with van der Waals surface area (Å²) in [6.07, 6.45) is 4.20. The summed E-state index contributed by atoms with van der Waals surface area (Å²) in [4.78, 5) is 28.4. The third-order valence-corrected chi connectivity index (χ3v) is 4.45. The number of ether oxygens (including phenoxy) is 1. The normalized spacial score (nSPS) is 11.6. The van der Waals surface area contributed by atoms with Crippen LogP contribution in [0.5, 0.6) is 0 Å². The molecule has 1 atom stereocenters. The first-order valence-electron chi connectivity index (χ1n) is 8.07. The summed E-state index contributed by atoms with van der Waals surface area (Å²) in [7, 11) is 0. The number of carbonyl (C=O) groups excluding carboxylic acids is 2. The molecule has 0 fully saturated rings. The molecular weight excluding hydrogens is 336 g/mol. The quantitative estimate of drug-likeness (QED) is 0.606. The molecule has 0 spiro atoms. The minimum absolute atomic E-state index is 0.105. The molecule has 0 saturated heterocycles. The number of amides is 1. The van der Waals surface area contributed by atoms with Gasteiger partial charge in [-0.25, -0.2) is 9.78 Å². The number of esters is 1. The Morgan fingerprint density at radius 1 is 1.24 bits per heavy atom. The lowest BCUT2D eigenvalue weighted by Gasteiger charge is -2.17. The highest BCUT2D eigenvalue weighted by atomic mass is 32.2. The van der Waals surface area contributed by atoms with Crippen molar-refractivity contribution < 1.29 is 14.3 Å². The fraction of sp³-hybridized carbons (Fsp3) is 0.316. The highest BCUT2D eigenvalue weighted by Crippen LogP contribution is 2.18. The number of benzene rings is 1. The second-order valence-electron chi connectivity index (χ2n) is 5.58. The van der Waals surface area contributed by atoms with Crippen LogP contribution >= 0.6 is 11.8 Å². The Morgan fingerprint density at radius 2 is 1.96 bits per heavy atom. The van der Waals surface area contributed by atoms with Crippen molar-refractivity contribution in [3.05, 3.63) is 59.3 Å². The molecular formula is C19H22N2O3S. The first kappa shape index (κ1) is 19.0. The van der Waals surface area contributed by atoms with E-state index in [9.17, 15) is 9.59 Å². The molecule has 0 saturated carbocycles. The number of hydrogen-bond acceptors (Lipinski definition) is 5. The van der Waals surface area contributed by atoms with Crippen molar-refractivity contribution in [2.75, 3.05) is 12.9 Å². The number of nitrogens with one attached hydrogen (secondary N) is 1. The van der Waals surface area contributed by atoms with Crippen LogP contribution in [-0.4, -0.2) is 29.7 Å². The van der Waals surface area contributed by atoms with E-state index in [4.69, 9.17) is 4.74 Å². The van der Waals surface area contributed by atoms with E-state index in [1.165, 1.54) is 17.3 Å². The number of rotatable bonds is 7. The number of carbonyl (C=O) groups is 2. The van der Waals surface area contributed by atoms with Gasteiger partial charge in [0, 0.05) is 6.20 Å². The van der Waals surface area contributed by atoms with E-state index < -0.39 is 5.97 Å². The molecule has 0 unspecified atom stereocenters. The van der Waals surface area contributed by atoms with Gasteiger partial charge in [0.15, 0.2) is 6.61 Å². The van der Waals surface area contributed by atoms with Gasteiger partial charge in [-0.05, 0) is 37.3 Å². The van der Waals surface area contributed by atoms with Crippen LogP contribution in [0, 0.1) is 6.92 Å². The summed E-state index contributed by atoms with van der Waals surface area (Å²) in [5.74, 6) is -0.869. The van der Waals surface area contributed by atoms with Gasteiger partial charge < -0.3 is 10.1 Å². The van der Waals surface area contributed by atoms with Gasteiger partial charge in [0.1, 0.15) is 5.03 Å². The molecule has 0 bridgehead atoms. The summed E-state index contributed by atoms with van der Waals surface area (Å²) in [6, 6.07) is 11.2. The zero-order valence-corrected chi connectivity index (χ0v) is 15.4. The van der Waals surface area contributed by atoms with Crippen molar-refractivity contribution in [2.45, 2.75) is 31.3 Å². The minimum atomic E-state index is -0.545. The van der Waals surface area contributed by atoms with E-state index >= 15 is 0 Å². The average molecular weight is 358 g/mol. The highest BCUT2D eigenvalue weighted by molar-refractivity contribution is 7.98. The highest BCUT2D eigenvalue weighted by Gasteiger charge is 2.17. The molecule has 1 aromatic heterocycles. The molecule has 25 heavy (non-hydrogen) atoms. The molecule has 1 N–H and O–H groups in total.